The topological polar surface area (TPSA) is 0 Å². The van der Waals surface area contributed by atoms with E-state index in [9.17, 15) is 0 Å². The number of unbranched alkanes of at least 4 members (excludes halogenated alkanes) is 1. The Morgan fingerprint density at radius 2 is 1.62 bits per heavy atom. The van der Waals surface area contributed by atoms with Gasteiger partial charge in [-0.2, -0.15) is 0 Å². The fourth-order valence-electron chi connectivity index (χ4n) is 2.91. The van der Waals surface area contributed by atoms with Gasteiger partial charge in [0.15, 0.2) is 0 Å². The average molecular weight is 511 g/mol. The van der Waals surface area contributed by atoms with Crippen molar-refractivity contribution in [2.45, 2.75) is 72.6 Å². The molecule has 0 radical (unpaired) electrons. The highest BCUT2D eigenvalue weighted by atomic mass is 33.1. The van der Waals surface area contributed by atoms with Crippen LogP contribution >= 0.6 is 64.8 Å². The Morgan fingerprint density at radius 3 is 2.17 bits per heavy atom. The molecule has 1 aliphatic carbocycles. The molecule has 0 atom stereocenters. The summed E-state index contributed by atoms with van der Waals surface area (Å²) in [5, 5.41) is 0. The summed E-state index contributed by atoms with van der Waals surface area (Å²) in [4.78, 5) is 0. The molecule has 170 valence electrons. The average Bonchev–Trinajstić information content (AvgIpc) is 3.21. The van der Waals surface area contributed by atoms with Gasteiger partial charge in [0.25, 0.3) is 0 Å². The molecule has 6 heteroatoms. The minimum absolute atomic E-state index is 0.485. The first-order valence-electron chi connectivity index (χ1n) is 11.1. The molecule has 29 heavy (non-hydrogen) atoms. The van der Waals surface area contributed by atoms with Crippen LogP contribution in [0.2, 0.25) is 0 Å². The van der Waals surface area contributed by atoms with Crippen LogP contribution in [0.3, 0.4) is 0 Å². The number of hydrogen-bond acceptors (Lipinski definition) is 6. The molecule has 0 unspecified atom stereocenters. The predicted molar refractivity (Wildman–Crippen MR) is 153 cm³/mol. The van der Waals surface area contributed by atoms with Crippen molar-refractivity contribution in [3.8, 4) is 0 Å². The van der Waals surface area contributed by atoms with Crippen molar-refractivity contribution in [1.82, 2.24) is 0 Å². The highest BCUT2D eigenvalue weighted by Gasteiger charge is 2.28. The van der Waals surface area contributed by atoms with Crippen molar-refractivity contribution in [2.24, 2.45) is 10.8 Å². The summed E-state index contributed by atoms with van der Waals surface area (Å²) >= 11 is 0. The van der Waals surface area contributed by atoms with Crippen LogP contribution in [-0.4, -0.2) is 34.5 Å². The molecular weight excluding hydrogens is 469 g/mol. The van der Waals surface area contributed by atoms with Crippen LogP contribution in [0.5, 0.6) is 0 Å². The fourth-order valence-corrected chi connectivity index (χ4v) is 11.8. The van der Waals surface area contributed by atoms with Crippen LogP contribution in [0.25, 0.3) is 0 Å². The summed E-state index contributed by atoms with van der Waals surface area (Å²) in [6, 6.07) is 0. The van der Waals surface area contributed by atoms with Crippen molar-refractivity contribution in [3.05, 3.63) is 24.3 Å². The van der Waals surface area contributed by atoms with Crippen LogP contribution in [0.15, 0.2) is 24.3 Å². The Labute approximate surface area is 205 Å². The fraction of sp³-hybridized carbons (Fsp3) is 0.826. The van der Waals surface area contributed by atoms with Crippen LogP contribution in [-0.2, 0) is 0 Å². The maximum Gasteiger partial charge on any atom is 0.0102 e. The molecule has 1 heterocycles. The van der Waals surface area contributed by atoms with E-state index in [0.29, 0.717) is 10.8 Å². The quantitative estimate of drug-likeness (QED) is 0.171. The van der Waals surface area contributed by atoms with Gasteiger partial charge in [0.1, 0.15) is 0 Å². The third-order valence-corrected chi connectivity index (χ3v) is 13.6. The Bertz CT molecular complexity index is 431. The normalized spacial score (nSPS) is 21.7. The molecule has 1 saturated heterocycles. The Hall–Kier alpha value is 1.58. The molecule has 1 aliphatic heterocycles. The summed E-state index contributed by atoms with van der Waals surface area (Å²) < 4.78 is 0. The number of allylic oxidation sites excluding steroid dienone is 4. The van der Waals surface area contributed by atoms with Crippen LogP contribution in [0.1, 0.15) is 72.6 Å². The van der Waals surface area contributed by atoms with Gasteiger partial charge in [0.2, 0.25) is 0 Å². The van der Waals surface area contributed by atoms with Crippen molar-refractivity contribution in [1.29, 1.82) is 0 Å². The molecule has 0 saturated carbocycles. The summed E-state index contributed by atoms with van der Waals surface area (Å²) in [7, 11) is 12.4. The van der Waals surface area contributed by atoms with Gasteiger partial charge >= 0.3 is 0 Å². The van der Waals surface area contributed by atoms with Gasteiger partial charge < -0.3 is 0 Å². The van der Waals surface area contributed by atoms with E-state index in [1.54, 1.807) is 0 Å². The standard InChI is InChI=1S/C12H22S2.C11H20S4/c1-3-5-10-13-14-11-12(4-2)8-6-7-9-12;1-3-4-6-11(2)9-14-12-7-5-8-13-15-10-11/h6-7H,3-5,8-11H2,1-2H3;3-4H,5-10H2,1-2H3. The Morgan fingerprint density at radius 1 is 0.966 bits per heavy atom. The predicted octanol–water partition coefficient (Wildman–Crippen LogP) is 10.0. The van der Waals surface area contributed by atoms with Crippen molar-refractivity contribution < 1.29 is 0 Å². The summed E-state index contributed by atoms with van der Waals surface area (Å²) in [5.41, 5.74) is 1.10. The molecule has 0 aromatic rings. The van der Waals surface area contributed by atoms with Crippen molar-refractivity contribution >= 4 is 64.8 Å². The van der Waals surface area contributed by atoms with Gasteiger partial charge in [0, 0.05) is 34.5 Å². The van der Waals surface area contributed by atoms with E-state index in [2.05, 4.69) is 117 Å². The zero-order valence-corrected chi connectivity index (χ0v) is 23.9. The summed E-state index contributed by atoms with van der Waals surface area (Å²) in [6.07, 6.45) is 18.5. The van der Waals surface area contributed by atoms with E-state index < -0.39 is 0 Å². The Kier molecular flexibility index (Phi) is 17.8. The number of hydrogen-bond donors (Lipinski definition) is 0. The van der Waals surface area contributed by atoms with E-state index in [0.717, 1.165) is 0 Å². The molecule has 0 aromatic heterocycles. The summed E-state index contributed by atoms with van der Waals surface area (Å²) in [5.74, 6) is 7.88. The van der Waals surface area contributed by atoms with Crippen molar-refractivity contribution in [2.75, 3.05) is 34.5 Å². The molecule has 2 rings (SSSR count). The first-order valence-corrected chi connectivity index (χ1v) is 18.6. The summed E-state index contributed by atoms with van der Waals surface area (Å²) in [6.45, 7) is 9.15. The zero-order chi connectivity index (χ0) is 21.3. The minimum atomic E-state index is 0.485. The van der Waals surface area contributed by atoms with E-state index >= 15 is 0 Å². The smallest absolute Gasteiger partial charge is 0.0102 e. The molecule has 1 fully saturated rings. The lowest BCUT2D eigenvalue weighted by atomic mass is 9.85. The molecular formula is C23H42S6. The van der Waals surface area contributed by atoms with Gasteiger partial charge in [0.05, 0.1) is 0 Å². The van der Waals surface area contributed by atoms with Crippen LogP contribution in [0.4, 0.5) is 0 Å². The van der Waals surface area contributed by atoms with E-state index in [-0.39, 0.29) is 0 Å². The third kappa shape index (κ3) is 13.7. The highest BCUT2D eigenvalue weighted by molar-refractivity contribution is 8.77. The maximum absolute atomic E-state index is 2.43. The van der Waals surface area contributed by atoms with Gasteiger partial charge in [-0.15, -0.1) is 0 Å². The SMILES string of the molecule is CC=CCC1(C)CSSCCCSSC1.CCCCSSCC1(CC)CC=CC1. The first-order chi connectivity index (χ1) is 14.1. The minimum Gasteiger partial charge on any atom is -0.0941 e. The molecule has 0 spiro atoms. The maximum atomic E-state index is 2.43. The van der Waals surface area contributed by atoms with E-state index in [4.69, 9.17) is 0 Å². The molecule has 0 amide bonds. The Balaban J connectivity index is 0.000000291. The monoisotopic (exact) mass is 510 g/mol. The van der Waals surface area contributed by atoms with Crippen LogP contribution < -0.4 is 0 Å². The lowest BCUT2D eigenvalue weighted by Crippen LogP contribution is -2.21. The van der Waals surface area contributed by atoms with Crippen LogP contribution in [0, 0.1) is 10.8 Å². The third-order valence-electron chi connectivity index (χ3n) is 5.33. The second-order valence-corrected chi connectivity index (χ2v) is 16.0. The number of rotatable bonds is 9. The molecule has 0 N–H and O–H groups in total. The van der Waals surface area contributed by atoms with E-state index in [1.807, 2.05) is 0 Å². The highest BCUT2D eigenvalue weighted by Crippen LogP contribution is 2.42. The molecule has 0 aromatic carbocycles. The second-order valence-electron chi connectivity index (χ2n) is 8.28. The lowest BCUT2D eigenvalue weighted by molar-refractivity contribution is 0.348. The van der Waals surface area contributed by atoms with Gasteiger partial charge in [-0.25, -0.2) is 0 Å². The molecule has 0 nitrogen and oxygen atoms in total. The van der Waals surface area contributed by atoms with Gasteiger partial charge in [-0.3, -0.25) is 0 Å². The lowest BCUT2D eigenvalue weighted by Gasteiger charge is -2.27. The first kappa shape index (κ1) is 28.6. The van der Waals surface area contributed by atoms with Gasteiger partial charge in [-0.1, -0.05) is 116 Å². The van der Waals surface area contributed by atoms with Gasteiger partial charge in [-0.05, 0) is 56.3 Å². The van der Waals surface area contributed by atoms with Crippen molar-refractivity contribution in [3.63, 3.8) is 0 Å². The van der Waals surface area contributed by atoms with E-state index in [1.165, 1.54) is 79.5 Å². The largest absolute Gasteiger partial charge is 0.0941 e. The zero-order valence-electron chi connectivity index (χ0n) is 19.0. The molecule has 2 aliphatic rings. The molecule has 0 bridgehead atoms. The second kappa shape index (κ2) is 18.1.